The van der Waals surface area contributed by atoms with Gasteiger partial charge < -0.3 is 10.4 Å². The van der Waals surface area contributed by atoms with Gasteiger partial charge in [0.15, 0.2) is 0 Å². The number of phenols is 1. The second-order valence-corrected chi connectivity index (χ2v) is 8.28. The van der Waals surface area contributed by atoms with Gasteiger partial charge in [-0.25, -0.2) is 4.98 Å². The molecule has 0 saturated carbocycles. The Morgan fingerprint density at radius 2 is 1.96 bits per heavy atom. The number of nitrogens with one attached hydrogen (secondary N) is 1. The van der Waals surface area contributed by atoms with Gasteiger partial charge in [-0.15, -0.1) is 0 Å². The molecule has 0 atom stereocenters. The smallest absolute Gasteiger partial charge is 0.261 e. The number of aromatic nitrogens is 2. The highest BCUT2D eigenvalue weighted by molar-refractivity contribution is 9.10. The number of hydrogen-bond acceptors (Lipinski definition) is 4. The van der Waals surface area contributed by atoms with Crippen molar-refractivity contribution in [1.82, 2.24) is 9.55 Å². The molecule has 1 aromatic heterocycles. The van der Waals surface area contributed by atoms with Crippen molar-refractivity contribution in [1.29, 1.82) is 0 Å². The average molecular weight is 430 g/mol. The fourth-order valence-electron chi connectivity index (χ4n) is 2.69. The van der Waals surface area contributed by atoms with Crippen molar-refractivity contribution in [3.63, 3.8) is 0 Å². The van der Waals surface area contributed by atoms with Gasteiger partial charge in [-0.3, -0.25) is 14.2 Å². The summed E-state index contributed by atoms with van der Waals surface area (Å²) in [5, 5.41) is 13.1. The first-order chi connectivity index (χ1) is 12.6. The van der Waals surface area contributed by atoms with E-state index in [1.165, 1.54) is 10.9 Å². The Hall–Kier alpha value is -2.67. The third-order valence-electron chi connectivity index (χ3n) is 4.24. The molecule has 2 aromatic carbocycles. The Balaban J connectivity index is 1.86. The maximum atomic E-state index is 12.6. The summed E-state index contributed by atoms with van der Waals surface area (Å²) in [6.07, 6.45) is 1.35. The molecule has 7 heteroatoms. The number of halogens is 1. The predicted molar refractivity (Wildman–Crippen MR) is 109 cm³/mol. The zero-order valence-corrected chi connectivity index (χ0v) is 16.9. The molecule has 0 fully saturated rings. The molecule has 0 saturated heterocycles. The van der Waals surface area contributed by atoms with Crippen LogP contribution in [0.4, 0.5) is 5.69 Å². The van der Waals surface area contributed by atoms with Gasteiger partial charge in [0, 0.05) is 4.47 Å². The van der Waals surface area contributed by atoms with Crippen LogP contribution in [-0.4, -0.2) is 20.6 Å². The van der Waals surface area contributed by atoms with Gasteiger partial charge in [-0.1, -0.05) is 42.8 Å². The van der Waals surface area contributed by atoms with Crippen LogP contribution in [-0.2, 0) is 16.8 Å². The monoisotopic (exact) mass is 429 g/mol. The van der Waals surface area contributed by atoms with Gasteiger partial charge in [-0.05, 0) is 41.3 Å². The number of carbonyl (C=O) groups excluding carboxylic acids is 1. The molecule has 1 heterocycles. The van der Waals surface area contributed by atoms with E-state index in [9.17, 15) is 14.7 Å². The van der Waals surface area contributed by atoms with Crippen LogP contribution >= 0.6 is 15.9 Å². The number of fused-ring (bicyclic) bond motifs is 1. The summed E-state index contributed by atoms with van der Waals surface area (Å²) in [6, 6.07) is 10.3. The molecule has 6 nitrogen and oxygen atoms in total. The topological polar surface area (TPSA) is 84.2 Å². The van der Waals surface area contributed by atoms with Crippen molar-refractivity contribution in [3.8, 4) is 5.75 Å². The van der Waals surface area contributed by atoms with E-state index in [0.717, 1.165) is 10.0 Å². The zero-order chi connectivity index (χ0) is 19.8. The molecule has 3 rings (SSSR count). The number of rotatable bonds is 3. The standard InChI is InChI=1S/C20H20BrN3O3/c1-20(2,3)12-4-7-17(25)16(8-12)23-18(26)10-24-11-22-15-6-5-13(21)9-14(15)19(24)27/h4-9,11,25H,10H2,1-3H3,(H,23,26). The summed E-state index contributed by atoms with van der Waals surface area (Å²) in [5.41, 5.74) is 1.43. The lowest BCUT2D eigenvalue weighted by atomic mass is 9.87. The van der Waals surface area contributed by atoms with Crippen LogP contribution in [0.5, 0.6) is 5.75 Å². The van der Waals surface area contributed by atoms with E-state index < -0.39 is 5.91 Å². The number of benzene rings is 2. The van der Waals surface area contributed by atoms with E-state index >= 15 is 0 Å². The van der Waals surface area contributed by atoms with Crippen molar-refractivity contribution in [3.05, 3.63) is 63.1 Å². The minimum absolute atomic E-state index is 0.0238. The number of carbonyl (C=O) groups is 1. The van der Waals surface area contributed by atoms with Gasteiger partial charge >= 0.3 is 0 Å². The lowest BCUT2D eigenvalue weighted by Crippen LogP contribution is -2.28. The van der Waals surface area contributed by atoms with E-state index in [1.54, 1.807) is 30.3 Å². The zero-order valence-electron chi connectivity index (χ0n) is 15.3. The molecule has 3 aromatic rings. The van der Waals surface area contributed by atoms with E-state index in [0.29, 0.717) is 16.6 Å². The lowest BCUT2D eigenvalue weighted by molar-refractivity contribution is -0.116. The van der Waals surface area contributed by atoms with Crippen molar-refractivity contribution < 1.29 is 9.90 Å². The minimum atomic E-state index is -0.422. The Bertz CT molecular complexity index is 1080. The average Bonchev–Trinajstić information content (AvgIpc) is 2.59. The molecule has 1 amide bonds. The van der Waals surface area contributed by atoms with Gasteiger partial charge in [-0.2, -0.15) is 0 Å². The molecule has 0 radical (unpaired) electrons. The quantitative estimate of drug-likeness (QED) is 0.620. The SMILES string of the molecule is CC(C)(C)c1ccc(O)c(NC(=O)Cn2cnc3ccc(Br)cc3c2=O)c1. The second-order valence-electron chi connectivity index (χ2n) is 7.37. The molecule has 2 N–H and O–H groups in total. The van der Waals surface area contributed by atoms with Gasteiger partial charge in [0.2, 0.25) is 5.91 Å². The summed E-state index contributed by atoms with van der Waals surface area (Å²) in [6.45, 7) is 5.93. The fourth-order valence-corrected chi connectivity index (χ4v) is 3.05. The first-order valence-corrected chi connectivity index (χ1v) is 9.22. The summed E-state index contributed by atoms with van der Waals surface area (Å²) in [7, 11) is 0. The summed E-state index contributed by atoms with van der Waals surface area (Å²) >= 11 is 3.33. The van der Waals surface area contributed by atoms with E-state index in [1.807, 2.05) is 26.8 Å². The number of aromatic hydroxyl groups is 1. The van der Waals surface area contributed by atoms with Crippen molar-refractivity contribution in [2.24, 2.45) is 0 Å². The van der Waals surface area contributed by atoms with Gasteiger partial charge in [0.1, 0.15) is 12.3 Å². The summed E-state index contributed by atoms with van der Waals surface area (Å²) in [5.74, 6) is -0.445. The highest BCUT2D eigenvalue weighted by atomic mass is 79.9. The first kappa shape index (κ1) is 19.1. The highest BCUT2D eigenvalue weighted by Crippen LogP contribution is 2.30. The summed E-state index contributed by atoms with van der Waals surface area (Å²) < 4.78 is 2.01. The molecule has 0 unspecified atom stereocenters. The van der Waals surface area contributed by atoms with Crippen LogP contribution in [0, 0.1) is 0 Å². The van der Waals surface area contributed by atoms with Crippen molar-refractivity contribution in [2.45, 2.75) is 32.7 Å². The van der Waals surface area contributed by atoms with Crippen molar-refractivity contribution in [2.75, 3.05) is 5.32 Å². The number of phenolic OH excluding ortho intramolecular Hbond substituents is 1. The van der Waals surface area contributed by atoms with Crippen LogP contribution in [0.3, 0.4) is 0 Å². The fraction of sp³-hybridized carbons (Fsp3) is 0.250. The van der Waals surface area contributed by atoms with E-state index in [-0.39, 0.29) is 23.3 Å². The predicted octanol–water partition coefficient (Wildman–Crippen LogP) is 3.80. The summed E-state index contributed by atoms with van der Waals surface area (Å²) in [4.78, 5) is 29.2. The number of amides is 1. The third-order valence-corrected chi connectivity index (χ3v) is 4.73. The van der Waals surface area contributed by atoms with E-state index in [4.69, 9.17) is 0 Å². The van der Waals surface area contributed by atoms with Crippen LogP contribution in [0.2, 0.25) is 0 Å². The lowest BCUT2D eigenvalue weighted by Gasteiger charge is -2.20. The van der Waals surface area contributed by atoms with Gasteiger partial charge in [0.05, 0.1) is 22.9 Å². The number of anilines is 1. The largest absolute Gasteiger partial charge is 0.506 e. The Kier molecular flexibility index (Phi) is 5.06. The Labute approximate surface area is 165 Å². The highest BCUT2D eigenvalue weighted by Gasteiger charge is 2.17. The van der Waals surface area contributed by atoms with Crippen LogP contribution in [0.25, 0.3) is 10.9 Å². The Morgan fingerprint density at radius 3 is 2.67 bits per heavy atom. The molecule has 0 spiro atoms. The maximum absolute atomic E-state index is 12.6. The Morgan fingerprint density at radius 1 is 1.22 bits per heavy atom. The normalized spacial score (nSPS) is 11.6. The van der Waals surface area contributed by atoms with Crippen LogP contribution in [0.1, 0.15) is 26.3 Å². The van der Waals surface area contributed by atoms with Crippen molar-refractivity contribution >= 4 is 38.4 Å². The molecule has 0 aliphatic heterocycles. The first-order valence-electron chi connectivity index (χ1n) is 8.43. The molecule has 0 bridgehead atoms. The van der Waals surface area contributed by atoms with Gasteiger partial charge in [0.25, 0.3) is 5.56 Å². The number of nitrogens with zero attached hydrogens (tertiary/aromatic N) is 2. The molecule has 0 aliphatic rings. The maximum Gasteiger partial charge on any atom is 0.261 e. The molecule has 140 valence electrons. The minimum Gasteiger partial charge on any atom is -0.506 e. The molecular weight excluding hydrogens is 410 g/mol. The van der Waals surface area contributed by atoms with Crippen LogP contribution < -0.4 is 10.9 Å². The number of hydrogen-bond donors (Lipinski definition) is 2. The molecule has 27 heavy (non-hydrogen) atoms. The van der Waals surface area contributed by atoms with Crippen LogP contribution in [0.15, 0.2) is 52.0 Å². The third kappa shape index (κ3) is 4.19. The van der Waals surface area contributed by atoms with E-state index in [2.05, 4.69) is 26.2 Å². The molecular formula is C20H20BrN3O3. The second kappa shape index (κ2) is 7.15. The molecule has 0 aliphatic carbocycles.